The number of nitrogens with zero attached hydrogens (tertiary/aromatic N) is 2. The van der Waals surface area contributed by atoms with Crippen LogP contribution in [0.25, 0.3) is 32.9 Å². The van der Waals surface area contributed by atoms with Crippen molar-refractivity contribution in [3.63, 3.8) is 0 Å². The molecule has 43 heavy (non-hydrogen) atoms. The largest absolute Gasteiger partial charge is 0 e. The number of carbonyl (C=O) groups excluding carboxylic acids is 1. The van der Waals surface area contributed by atoms with Crippen molar-refractivity contribution < 1.29 is 30.0 Å². The first-order valence-corrected chi connectivity index (χ1v) is 22.8. The normalized spacial score (nSPS) is 12.0. The molecule has 0 aliphatic rings. The number of rotatable bonds is 9. The van der Waals surface area contributed by atoms with Gasteiger partial charge in [-0.25, -0.2) is 0 Å². The summed E-state index contributed by atoms with van der Waals surface area (Å²) in [4.78, 5) is 21.4. The monoisotopic (exact) mass is 820 g/mol. The van der Waals surface area contributed by atoms with Crippen LogP contribution in [0.4, 0.5) is 0 Å². The average Bonchev–Trinajstić information content (AvgIpc) is 2.92. The second-order valence-corrected chi connectivity index (χ2v) is 23.0. The fourth-order valence-corrected chi connectivity index (χ4v) is 10.5. The first kappa shape index (κ1) is 36.9. The van der Waals surface area contributed by atoms with E-state index in [9.17, 15) is 9.90 Å². The molecule has 0 spiro atoms. The number of aryl methyl sites for hydroxylation is 3. The number of pyridine rings is 2. The molecule has 4 rings (SSSR count). The number of hydrogen-bond acceptors (Lipinski definition) is 4. The van der Waals surface area contributed by atoms with Gasteiger partial charge >= 0.3 is 164 Å². The van der Waals surface area contributed by atoms with E-state index in [0.29, 0.717) is 0 Å². The van der Waals surface area contributed by atoms with Gasteiger partial charge in [0.15, 0.2) is 5.78 Å². The number of allylic oxidation sites excluding steroid dienone is 2. The number of aromatic nitrogens is 2. The molecule has 6 heteroatoms. The van der Waals surface area contributed by atoms with Gasteiger partial charge in [0.2, 0.25) is 0 Å². The number of hydrogen-bond donors (Lipinski definition) is 1. The van der Waals surface area contributed by atoms with Crippen LogP contribution in [0.2, 0.25) is 17.3 Å². The van der Waals surface area contributed by atoms with Gasteiger partial charge in [0.1, 0.15) is 0 Å². The Labute approximate surface area is 275 Å². The molecule has 0 atom stereocenters. The number of fused-ring (bicyclic) bond motifs is 3. The van der Waals surface area contributed by atoms with Crippen molar-refractivity contribution in [3.05, 3.63) is 77.3 Å². The number of ketones is 1. The Morgan fingerprint density at radius 3 is 2.07 bits per heavy atom. The third-order valence-corrected chi connectivity index (χ3v) is 12.7. The minimum atomic E-state index is -2.05. The van der Waals surface area contributed by atoms with Crippen molar-refractivity contribution in [2.75, 3.05) is 0 Å². The van der Waals surface area contributed by atoms with Crippen LogP contribution in [0.1, 0.15) is 70.1 Å². The third kappa shape index (κ3) is 8.87. The predicted molar refractivity (Wildman–Crippen MR) is 182 cm³/mol. The summed E-state index contributed by atoms with van der Waals surface area (Å²) in [5, 5.41) is 13.3. The van der Waals surface area contributed by atoms with E-state index in [1.165, 1.54) is 37.9 Å². The van der Waals surface area contributed by atoms with E-state index in [-0.39, 0.29) is 43.5 Å². The van der Waals surface area contributed by atoms with Crippen molar-refractivity contribution in [2.24, 2.45) is 11.8 Å². The average molecular weight is 819 g/mol. The summed E-state index contributed by atoms with van der Waals surface area (Å²) in [6, 6.07) is 14.4. The van der Waals surface area contributed by atoms with Crippen LogP contribution in [0.15, 0.2) is 54.6 Å². The zero-order chi connectivity index (χ0) is 31.2. The second-order valence-electron chi connectivity index (χ2n) is 12.5. The van der Waals surface area contributed by atoms with Gasteiger partial charge in [0, 0.05) is 38.0 Å². The van der Waals surface area contributed by atoms with Crippen molar-refractivity contribution in [1.29, 1.82) is 0 Å². The van der Waals surface area contributed by atoms with Crippen molar-refractivity contribution >= 4 is 45.1 Å². The van der Waals surface area contributed by atoms with Gasteiger partial charge in [0.25, 0.3) is 0 Å². The van der Waals surface area contributed by atoms with Gasteiger partial charge < -0.3 is 5.11 Å². The summed E-state index contributed by atoms with van der Waals surface area (Å²) in [6.45, 7) is 14.5. The fraction of sp³-hybridized carbons (Fsp3) is 0.432. The van der Waals surface area contributed by atoms with Crippen LogP contribution in [0.5, 0.6) is 0 Å². The Morgan fingerprint density at radius 2 is 1.51 bits per heavy atom. The van der Waals surface area contributed by atoms with Crippen molar-refractivity contribution in [2.45, 2.75) is 91.4 Å². The molecule has 2 aromatic carbocycles. The van der Waals surface area contributed by atoms with Gasteiger partial charge in [-0.1, -0.05) is 27.7 Å². The Morgan fingerprint density at radius 1 is 0.884 bits per heavy atom. The zero-order valence-electron chi connectivity index (χ0n) is 27.7. The van der Waals surface area contributed by atoms with E-state index in [2.05, 4.69) is 74.4 Å². The Balaban J connectivity index is 0.000000348. The minimum Gasteiger partial charge on any atom is 0 e. The molecule has 0 aliphatic carbocycles. The van der Waals surface area contributed by atoms with Gasteiger partial charge in [-0.05, 0) is 25.7 Å². The summed E-state index contributed by atoms with van der Waals surface area (Å²) in [5.74, 6) is 7.87. The number of benzene rings is 2. The fourth-order valence-electron chi connectivity index (χ4n) is 5.98. The number of aliphatic hydroxyl groups is 1. The maximum atomic E-state index is 11.7. The minimum absolute atomic E-state index is 0. The van der Waals surface area contributed by atoms with Crippen LogP contribution in [0.3, 0.4) is 0 Å². The van der Waals surface area contributed by atoms with Gasteiger partial charge in [0.05, 0.1) is 5.76 Å². The van der Waals surface area contributed by atoms with Crippen LogP contribution in [-0.4, -0.2) is 34.1 Å². The topological polar surface area (TPSA) is 63.1 Å². The molecule has 0 aliphatic heterocycles. The molecule has 0 amide bonds. The number of carbonyl (C=O) groups is 1. The van der Waals surface area contributed by atoms with Gasteiger partial charge in [-0.15, -0.1) is 0 Å². The standard InChI is InChI=1S/C24H25GeN2.C13H24O2.Ir/c1-15-11-16(2)13-18(12-15)23-21-14-27-24-20(19(21)9-10-26-23)8-7-17(3)22(24)25(4,5)6;1-5-10(6-2)12(14)9-13(15)11(7-3)8-4;/h7-12,14H,1-6H3;9-11,14H,5-8H2,1-4H3;/q-1;;/b;12-9-;. The van der Waals surface area contributed by atoms with Crippen LogP contribution in [0, 0.1) is 38.7 Å². The van der Waals surface area contributed by atoms with E-state index in [0.717, 1.165) is 47.9 Å². The molecule has 0 unspecified atom stereocenters. The predicted octanol–water partition coefficient (Wildman–Crippen LogP) is 9.59. The van der Waals surface area contributed by atoms with E-state index < -0.39 is 13.3 Å². The molecule has 1 radical (unpaired) electrons. The van der Waals surface area contributed by atoms with Crippen LogP contribution < -0.4 is 4.40 Å². The van der Waals surface area contributed by atoms with Crippen molar-refractivity contribution in [3.8, 4) is 11.3 Å². The molecule has 2 aromatic heterocycles. The summed E-state index contributed by atoms with van der Waals surface area (Å²) < 4.78 is 1.51. The molecule has 0 fully saturated rings. The summed E-state index contributed by atoms with van der Waals surface area (Å²) in [6.07, 6.45) is 8.84. The Bertz CT molecular complexity index is 1560. The van der Waals surface area contributed by atoms with Crippen LogP contribution >= 0.6 is 0 Å². The molecular weight excluding hydrogens is 769 g/mol. The quantitative estimate of drug-likeness (QED) is 0.0601. The second kappa shape index (κ2) is 16.1. The number of aliphatic hydroxyl groups excluding tert-OH is 1. The maximum Gasteiger partial charge on any atom is 0 e. The molecule has 2 heterocycles. The molecule has 0 bridgehead atoms. The summed E-state index contributed by atoms with van der Waals surface area (Å²) in [7, 11) is 0. The van der Waals surface area contributed by atoms with Crippen molar-refractivity contribution in [1.82, 2.24) is 9.97 Å². The third-order valence-electron chi connectivity index (χ3n) is 8.22. The first-order valence-electron chi connectivity index (χ1n) is 15.5. The van der Waals surface area contributed by atoms with Gasteiger partial charge in [-0.3, -0.25) is 4.79 Å². The summed E-state index contributed by atoms with van der Waals surface area (Å²) in [5.41, 5.74) is 6.92. The maximum absolute atomic E-state index is 11.7. The Kier molecular flexibility index (Phi) is 13.8. The Hall–Kier alpha value is -2.34. The van der Waals surface area contributed by atoms with E-state index in [1.54, 1.807) is 0 Å². The molecule has 0 saturated heterocycles. The van der Waals surface area contributed by atoms with Gasteiger partial charge in [-0.2, -0.15) is 0 Å². The molecule has 4 aromatic rings. The molecular formula is C37H49GeIrN2O2-. The van der Waals surface area contributed by atoms with E-state index in [4.69, 9.17) is 9.97 Å². The molecule has 1 N–H and O–H groups in total. The van der Waals surface area contributed by atoms with Crippen LogP contribution in [-0.2, 0) is 24.9 Å². The SMILES string of the molecule is CCC(CC)C(=O)/C=C(\O)C(CC)CC.Cc1[c-]c(-c2nccc3c2cnc2[c]([Ge]([CH3])([CH3])[CH3])c(C)ccc23)cc(C)c1.[Ir]. The summed E-state index contributed by atoms with van der Waals surface area (Å²) >= 11 is -2.05. The smallest absolute Gasteiger partial charge is 0 e. The molecule has 4 nitrogen and oxygen atoms in total. The molecule has 0 saturated carbocycles. The zero-order valence-corrected chi connectivity index (χ0v) is 32.2. The van der Waals surface area contributed by atoms with E-state index in [1.807, 2.05) is 40.1 Å². The first-order chi connectivity index (χ1) is 19.9. The molecule has 233 valence electrons. The van der Waals surface area contributed by atoms with E-state index >= 15 is 0 Å².